The van der Waals surface area contributed by atoms with Crippen molar-refractivity contribution in [3.8, 4) is 5.75 Å². The van der Waals surface area contributed by atoms with E-state index in [4.69, 9.17) is 4.74 Å². The molecule has 0 heterocycles. The van der Waals surface area contributed by atoms with Crippen LogP contribution in [0.5, 0.6) is 5.75 Å². The molecule has 140 valence electrons. The van der Waals surface area contributed by atoms with Gasteiger partial charge in [-0.2, -0.15) is 0 Å². The molecular weight excluding hydrogens is 316 g/mol. The zero-order chi connectivity index (χ0) is 18.7. The molecule has 0 saturated carbocycles. The molecule has 0 aliphatic carbocycles. The molecule has 0 aliphatic heterocycles. The van der Waals surface area contributed by atoms with Gasteiger partial charge < -0.3 is 15.0 Å². The quantitative estimate of drug-likeness (QED) is 0.623. The number of unbranched alkanes of at least 4 members (excludes halogenated alkanes) is 2. The Kier molecular flexibility index (Phi) is 9.66. The van der Waals surface area contributed by atoms with Gasteiger partial charge in [-0.3, -0.25) is 9.59 Å². The van der Waals surface area contributed by atoms with E-state index in [1.165, 1.54) is 0 Å². The van der Waals surface area contributed by atoms with Gasteiger partial charge >= 0.3 is 0 Å². The minimum absolute atomic E-state index is 0.00882. The van der Waals surface area contributed by atoms with Crippen LogP contribution in [0.1, 0.15) is 58.4 Å². The van der Waals surface area contributed by atoms with Crippen molar-refractivity contribution in [2.45, 2.75) is 65.5 Å². The topological polar surface area (TPSA) is 58.6 Å². The average molecular weight is 348 g/mol. The highest BCUT2D eigenvalue weighted by Gasteiger charge is 2.25. The summed E-state index contributed by atoms with van der Waals surface area (Å²) >= 11 is 0. The zero-order valence-corrected chi connectivity index (χ0v) is 16.0. The van der Waals surface area contributed by atoms with E-state index in [9.17, 15) is 9.59 Å². The molecule has 0 fully saturated rings. The van der Waals surface area contributed by atoms with Crippen molar-refractivity contribution < 1.29 is 14.3 Å². The molecule has 0 bridgehead atoms. The molecule has 25 heavy (non-hydrogen) atoms. The van der Waals surface area contributed by atoms with Crippen LogP contribution in [0.4, 0.5) is 0 Å². The first-order valence-corrected chi connectivity index (χ1v) is 9.23. The summed E-state index contributed by atoms with van der Waals surface area (Å²) in [6.45, 7) is 6.98. The number of benzene rings is 1. The third-order valence-corrected chi connectivity index (χ3v) is 4.22. The summed E-state index contributed by atoms with van der Waals surface area (Å²) < 4.78 is 5.17. The summed E-state index contributed by atoms with van der Waals surface area (Å²) in [5.41, 5.74) is 0.982. The Balaban J connectivity index is 2.76. The summed E-state index contributed by atoms with van der Waals surface area (Å²) in [6, 6.07) is 7.11. The Bertz CT molecular complexity index is 528. The number of rotatable bonds is 11. The van der Waals surface area contributed by atoms with Crippen molar-refractivity contribution in [3.05, 3.63) is 29.8 Å². The smallest absolute Gasteiger partial charge is 0.242 e. The Morgan fingerprint density at radius 3 is 2.36 bits per heavy atom. The maximum atomic E-state index is 12.5. The van der Waals surface area contributed by atoms with Crippen LogP contribution in [0.3, 0.4) is 0 Å². The normalized spacial score (nSPS) is 11.7. The number of hydrogen-bond acceptors (Lipinski definition) is 3. The number of hydrogen-bond donors (Lipinski definition) is 1. The van der Waals surface area contributed by atoms with Gasteiger partial charge in [0.25, 0.3) is 0 Å². The molecule has 5 nitrogen and oxygen atoms in total. The van der Waals surface area contributed by atoms with E-state index in [1.807, 2.05) is 31.2 Å². The first kappa shape index (κ1) is 21.0. The lowest BCUT2D eigenvalue weighted by molar-refractivity contribution is -0.140. The van der Waals surface area contributed by atoms with E-state index >= 15 is 0 Å². The maximum absolute atomic E-state index is 12.5. The fourth-order valence-electron chi connectivity index (χ4n) is 2.60. The molecule has 1 aromatic rings. The highest BCUT2D eigenvalue weighted by Crippen LogP contribution is 2.16. The summed E-state index contributed by atoms with van der Waals surface area (Å²) in [5, 5.41) is 2.95. The number of nitrogens with one attached hydrogen (secondary N) is 1. The SMILES string of the molecule is CCCCCNC(=O)[C@@H](C)N(Cc1ccc(OC)cc1)C(=O)CCC. The van der Waals surface area contributed by atoms with Gasteiger partial charge in [0, 0.05) is 19.5 Å². The second-order valence-corrected chi connectivity index (χ2v) is 6.29. The maximum Gasteiger partial charge on any atom is 0.242 e. The monoisotopic (exact) mass is 348 g/mol. The summed E-state index contributed by atoms with van der Waals surface area (Å²) in [4.78, 5) is 26.6. The minimum atomic E-state index is -0.484. The fourth-order valence-corrected chi connectivity index (χ4v) is 2.60. The van der Waals surface area contributed by atoms with Crippen LogP contribution in [0.25, 0.3) is 0 Å². The first-order valence-electron chi connectivity index (χ1n) is 9.23. The largest absolute Gasteiger partial charge is 0.497 e. The van der Waals surface area contributed by atoms with Crippen LogP contribution in [0, 0.1) is 0 Å². The van der Waals surface area contributed by atoms with Gasteiger partial charge in [-0.25, -0.2) is 0 Å². The van der Waals surface area contributed by atoms with Gasteiger partial charge in [0.2, 0.25) is 11.8 Å². The van der Waals surface area contributed by atoms with E-state index in [0.29, 0.717) is 19.5 Å². The molecule has 1 aromatic carbocycles. The molecule has 0 saturated heterocycles. The Morgan fingerprint density at radius 1 is 1.12 bits per heavy atom. The zero-order valence-electron chi connectivity index (χ0n) is 16.0. The van der Waals surface area contributed by atoms with Crippen molar-refractivity contribution >= 4 is 11.8 Å². The fraction of sp³-hybridized carbons (Fsp3) is 0.600. The molecule has 0 unspecified atom stereocenters. The lowest BCUT2D eigenvalue weighted by Crippen LogP contribution is -2.47. The van der Waals surface area contributed by atoms with E-state index < -0.39 is 6.04 Å². The van der Waals surface area contributed by atoms with Crippen LogP contribution >= 0.6 is 0 Å². The number of ether oxygens (including phenoxy) is 1. The highest BCUT2D eigenvalue weighted by atomic mass is 16.5. The molecule has 2 amide bonds. The van der Waals surface area contributed by atoms with Crippen LogP contribution < -0.4 is 10.1 Å². The summed E-state index contributed by atoms with van der Waals surface area (Å²) in [5.74, 6) is 0.695. The van der Waals surface area contributed by atoms with Crippen molar-refractivity contribution in [1.29, 1.82) is 0 Å². The number of methoxy groups -OCH3 is 1. The van der Waals surface area contributed by atoms with Crippen LogP contribution in [-0.4, -0.2) is 36.4 Å². The van der Waals surface area contributed by atoms with Crippen molar-refractivity contribution in [1.82, 2.24) is 10.2 Å². The molecule has 1 rings (SSSR count). The predicted molar refractivity (Wildman–Crippen MR) is 100 cm³/mol. The molecule has 0 aromatic heterocycles. The first-order chi connectivity index (χ1) is 12.0. The Labute approximate surface area is 151 Å². The second kappa shape index (κ2) is 11.5. The molecule has 0 aliphatic rings. The summed E-state index contributed by atoms with van der Waals surface area (Å²) in [6.07, 6.45) is 4.39. The molecule has 1 N–H and O–H groups in total. The van der Waals surface area contributed by atoms with Crippen LogP contribution in [0.2, 0.25) is 0 Å². The standard InChI is InChI=1S/C20H32N2O3/c1-5-7-8-14-21-20(24)16(3)22(19(23)9-6-2)15-17-10-12-18(25-4)13-11-17/h10-13,16H,5-9,14-15H2,1-4H3,(H,21,24)/t16-/m1/s1. The van der Waals surface area contributed by atoms with Gasteiger partial charge in [-0.1, -0.05) is 38.8 Å². The third-order valence-electron chi connectivity index (χ3n) is 4.22. The number of carbonyl (C=O) groups excluding carboxylic acids is 2. The van der Waals surface area contributed by atoms with Crippen molar-refractivity contribution in [2.24, 2.45) is 0 Å². The Morgan fingerprint density at radius 2 is 1.80 bits per heavy atom. The van der Waals surface area contributed by atoms with Gasteiger partial charge in [0.05, 0.1) is 7.11 Å². The van der Waals surface area contributed by atoms with E-state index in [2.05, 4.69) is 12.2 Å². The molecule has 5 heteroatoms. The van der Waals surface area contributed by atoms with E-state index in [-0.39, 0.29) is 11.8 Å². The minimum Gasteiger partial charge on any atom is -0.497 e. The van der Waals surface area contributed by atoms with Crippen LogP contribution in [-0.2, 0) is 16.1 Å². The molecular formula is C20H32N2O3. The third kappa shape index (κ3) is 7.16. The molecule has 0 radical (unpaired) electrons. The van der Waals surface area contributed by atoms with E-state index in [1.54, 1.807) is 18.9 Å². The lowest BCUT2D eigenvalue weighted by atomic mass is 10.1. The van der Waals surface area contributed by atoms with Gasteiger partial charge in [0.1, 0.15) is 11.8 Å². The van der Waals surface area contributed by atoms with Gasteiger partial charge in [-0.15, -0.1) is 0 Å². The van der Waals surface area contributed by atoms with Gasteiger partial charge in [-0.05, 0) is 37.5 Å². The van der Waals surface area contributed by atoms with Crippen LogP contribution in [0.15, 0.2) is 24.3 Å². The number of nitrogens with zero attached hydrogens (tertiary/aromatic N) is 1. The second-order valence-electron chi connectivity index (χ2n) is 6.29. The average Bonchev–Trinajstić information content (AvgIpc) is 2.63. The number of carbonyl (C=O) groups is 2. The van der Waals surface area contributed by atoms with Crippen molar-refractivity contribution in [2.75, 3.05) is 13.7 Å². The highest BCUT2D eigenvalue weighted by molar-refractivity contribution is 5.87. The molecule has 0 spiro atoms. The van der Waals surface area contributed by atoms with Gasteiger partial charge in [0.15, 0.2) is 0 Å². The lowest BCUT2D eigenvalue weighted by Gasteiger charge is -2.29. The molecule has 1 atom stereocenters. The Hall–Kier alpha value is -2.04. The predicted octanol–water partition coefficient (Wildman–Crippen LogP) is 3.52. The summed E-state index contributed by atoms with van der Waals surface area (Å²) in [7, 11) is 1.62. The number of amides is 2. The van der Waals surface area contributed by atoms with Crippen molar-refractivity contribution in [3.63, 3.8) is 0 Å². The van der Waals surface area contributed by atoms with E-state index in [0.717, 1.165) is 37.0 Å².